The van der Waals surface area contributed by atoms with Crippen LogP contribution < -0.4 is 15.9 Å². The second kappa shape index (κ2) is 8.70. The Kier molecular flexibility index (Phi) is 5.26. The van der Waals surface area contributed by atoms with Crippen molar-refractivity contribution < 1.29 is 4.74 Å². The summed E-state index contributed by atoms with van der Waals surface area (Å²) in [5.41, 5.74) is 5.62. The van der Waals surface area contributed by atoms with Crippen molar-refractivity contribution >= 4 is 21.9 Å². The summed E-state index contributed by atoms with van der Waals surface area (Å²) in [5.74, 6) is 1.06. The van der Waals surface area contributed by atoms with Gasteiger partial charge in [-0.2, -0.15) is 0 Å². The van der Waals surface area contributed by atoms with E-state index >= 15 is 0 Å². The molecule has 5 aromatic rings. The summed E-state index contributed by atoms with van der Waals surface area (Å²) < 4.78 is 8.25. The molecule has 2 N–H and O–H groups in total. The predicted molar refractivity (Wildman–Crippen MR) is 149 cm³/mol. The van der Waals surface area contributed by atoms with E-state index in [0.29, 0.717) is 45.7 Å². The minimum absolute atomic E-state index is 0.00517. The van der Waals surface area contributed by atoms with Crippen molar-refractivity contribution in [2.75, 3.05) is 19.6 Å². The molecule has 8 nitrogen and oxygen atoms in total. The fourth-order valence-corrected chi connectivity index (χ4v) is 5.73. The van der Waals surface area contributed by atoms with Crippen molar-refractivity contribution in [2.24, 2.45) is 0 Å². The van der Waals surface area contributed by atoms with Crippen molar-refractivity contribution in [3.05, 3.63) is 80.9 Å². The number of nitrogens with one attached hydrogen (secondary N) is 2. The van der Waals surface area contributed by atoms with E-state index in [4.69, 9.17) is 9.72 Å². The molecule has 0 aliphatic carbocycles. The van der Waals surface area contributed by atoms with E-state index in [1.807, 2.05) is 18.2 Å². The van der Waals surface area contributed by atoms with Crippen LogP contribution in [0.3, 0.4) is 0 Å². The van der Waals surface area contributed by atoms with Gasteiger partial charge in [0.05, 0.1) is 23.0 Å². The molecule has 38 heavy (non-hydrogen) atoms. The van der Waals surface area contributed by atoms with E-state index in [-0.39, 0.29) is 22.9 Å². The lowest BCUT2D eigenvalue weighted by Gasteiger charge is -2.19. The van der Waals surface area contributed by atoms with Crippen LogP contribution in [0.4, 0.5) is 0 Å². The van der Waals surface area contributed by atoms with Gasteiger partial charge in [0.1, 0.15) is 23.1 Å². The lowest BCUT2D eigenvalue weighted by atomic mass is 9.97. The van der Waals surface area contributed by atoms with Crippen LogP contribution in [0.5, 0.6) is 5.75 Å². The van der Waals surface area contributed by atoms with Gasteiger partial charge in [-0.25, -0.2) is 4.98 Å². The number of aromatic amines is 2. The summed E-state index contributed by atoms with van der Waals surface area (Å²) >= 11 is 0. The Hall–Kier alpha value is -4.17. The molecule has 6 bridgehead atoms. The van der Waals surface area contributed by atoms with Crippen LogP contribution in [0.1, 0.15) is 31.7 Å². The van der Waals surface area contributed by atoms with Crippen LogP contribution in [-0.4, -0.2) is 50.4 Å². The number of hydrogen-bond acceptors (Lipinski definition) is 5. The first-order chi connectivity index (χ1) is 18.4. The van der Waals surface area contributed by atoms with Crippen molar-refractivity contribution in [1.82, 2.24) is 24.6 Å². The Labute approximate surface area is 218 Å². The Bertz CT molecular complexity index is 1830. The predicted octanol–water partition coefficient (Wildman–Crippen LogP) is 4.49. The molecule has 2 aliphatic rings. The van der Waals surface area contributed by atoms with Crippen LogP contribution in [0.25, 0.3) is 44.3 Å². The Morgan fingerprint density at radius 1 is 1.00 bits per heavy atom. The number of aromatic nitrogens is 4. The number of ether oxygens (including phenoxy) is 1. The second-order valence-electron chi connectivity index (χ2n) is 10.7. The molecule has 4 heterocycles. The number of H-pyrrole nitrogens is 2. The average Bonchev–Trinajstić information content (AvgIpc) is 3.50. The van der Waals surface area contributed by atoms with Crippen LogP contribution >= 0.6 is 0 Å². The zero-order chi connectivity index (χ0) is 26.0. The number of rotatable bonds is 2. The molecule has 192 valence electrons. The largest absolute Gasteiger partial charge is 0.487 e. The lowest BCUT2D eigenvalue weighted by Crippen LogP contribution is -2.30. The smallest absolute Gasteiger partial charge is 0.275 e. The fourth-order valence-electron chi connectivity index (χ4n) is 5.73. The quantitative estimate of drug-likeness (QED) is 0.367. The van der Waals surface area contributed by atoms with Gasteiger partial charge >= 0.3 is 0 Å². The highest BCUT2D eigenvalue weighted by atomic mass is 16.5. The number of para-hydroxylation sites is 1. The van der Waals surface area contributed by atoms with Crippen LogP contribution in [0.15, 0.2) is 64.2 Å². The third-order valence-electron chi connectivity index (χ3n) is 7.85. The second-order valence-corrected chi connectivity index (χ2v) is 10.7. The van der Waals surface area contributed by atoms with Gasteiger partial charge in [0.25, 0.3) is 11.1 Å². The third-order valence-corrected chi connectivity index (χ3v) is 7.85. The maximum atomic E-state index is 13.4. The molecule has 0 radical (unpaired) electrons. The summed E-state index contributed by atoms with van der Waals surface area (Å²) in [4.78, 5) is 36.8. The first-order valence-electron chi connectivity index (χ1n) is 13.2. The van der Waals surface area contributed by atoms with Gasteiger partial charge in [-0.1, -0.05) is 50.2 Å². The molecule has 1 fully saturated rings. The first-order valence-corrected chi connectivity index (χ1v) is 13.2. The minimum Gasteiger partial charge on any atom is -0.487 e. The fraction of sp³-hybridized carbons (Fsp3) is 0.300. The standard InChI is InChI=1S/C30H29N5O3/c1-17(2)18-5-3-6-19(13-18)20-14-24-28-25(15-20)38-21-9-10-34(16-21)11-12-35-30(37)23-8-4-7-22(26(23)33-35)27(32-28)29(36)31-24/h3-8,13-15,17,21,33H,9-12,16H2,1-2H3,(H,31,36)/t21-/m0/s1. The zero-order valence-corrected chi connectivity index (χ0v) is 21.5. The summed E-state index contributed by atoms with van der Waals surface area (Å²) in [6.45, 7) is 7.30. The van der Waals surface area contributed by atoms with Crippen LogP contribution in [0.2, 0.25) is 0 Å². The van der Waals surface area contributed by atoms with Gasteiger partial charge < -0.3 is 9.72 Å². The van der Waals surface area contributed by atoms with Crippen molar-refractivity contribution in [1.29, 1.82) is 0 Å². The summed E-state index contributed by atoms with van der Waals surface area (Å²) in [7, 11) is 0. The molecular formula is C30H29N5O3. The summed E-state index contributed by atoms with van der Waals surface area (Å²) in [6, 6.07) is 17.9. The normalized spacial score (nSPS) is 18.9. The minimum atomic E-state index is -0.309. The summed E-state index contributed by atoms with van der Waals surface area (Å²) in [5, 5.41) is 3.81. The molecule has 0 saturated carbocycles. The van der Waals surface area contributed by atoms with Gasteiger partial charge in [0.2, 0.25) is 0 Å². The van der Waals surface area contributed by atoms with Crippen LogP contribution in [-0.2, 0) is 6.54 Å². The van der Waals surface area contributed by atoms with E-state index in [9.17, 15) is 9.59 Å². The monoisotopic (exact) mass is 507 g/mol. The maximum Gasteiger partial charge on any atom is 0.275 e. The Morgan fingerprint density at radius 3 is 2.74 bits per heavy atom. The zero-order valence-electron chi connectivity index (χ0n) is 21.5. The third kappa shape index (κ3) is 3.75. The number of nitrogens with zero attached hydrogens (tertiary/aromatic N) is 3. The van der Waals surface area contributed by atoms with E-state index in [1.54, 1.807) is 16.8 Å². The lowest BCUT2D eigenvalue weighted by molar-refractivity contribution is 0.199. The average molecular weight is 508 g/mol. The molecule has 0 amide bonds. The van der Waals surface area contributed by atoms with Gasteiger partial charge in [-0.05, 0) is 47.2 Å². The van der Waals surface area contributed by atoms with Crippen molar-refractivity contribution in [3.63, 3.8) is 0 Å². The van der Waals surface area contributed by atoms with Gasteiger partial charge in [-0.15, -0.1) is 0 Å². The highest BCUT2D eigenvalue weighted by Gasteiger charge is 2.26. The summed E-state index contributed by atoms with van der Waals surface area (Å²) in [6.07, 6.45) is 0.879. The number of hydrogen-bond donors (Lipinski definition) is 2. The van der Waals surface area contributed by atoms with E-state index < -0.39 is 0 Å². The van der Waals surface area contributed by atoms with E-state index in [2.05, 4.69) is 53.1 Å². The molecule has 3 aromatic carbocycles. The van der Waals surface area contributed by atoms with Crippen LogP contribution in [0, 0.1) is 0 Å². The number of benzene rings is 3. The Balaban J connectivity index is 1.49. The highest BCUT2D eigenvalue weighted by Crippen LogP contribution is 2.34. The topological polar surface area (TPSA) is 96.0 Å². The maximum absolute atomic E-state index is 13.4. The molecule has 1 unspecified atom stereocenters. The van der Waals surface area contributed by atoms with Gasteiger partial charge in [0, 0.05) is 25.2 Å². The highest BCUT2D eigenvalue weighted by molar-refractivity contribution is 5.94. The van der Waals surface area contributed by atoms with Crippen molar-refractivity contribution in [2.45, 2.75) is 38.8 Å². The molecule has 2 atom stereocenters. The molecule has 8 heteroatoms. The first kappa shape index (κ1) is 23.0. The molecule has 7 rings (SSSR count). The molecule has 1 saturated heterocycles. The SMILES string of the molecule is CC(C)c1cccc(-c2cc3c4nc(c(=O)[nH]c4c2)-c2cccc4c(=O)n([nH]c24)CCN2CC[C@@H](C2)O3)c1. The molecule has 2 aliphatic heterocycles. The van der Waals surface area contributed by atoms with Gasteiger partial charge in [-0.3, -0.25) is 24.3 Å². The number of fused-ring (bicyclic) bond motifs is 5. The molecule has 2 aromatic heterocycles. The molecule has 0 spiro atoms. The Morgan fingerprint density at radius 2 is 1.87 bits per heavy atom. The van der Waals surface area contributed by atoms with Crippen molar-refractivity contribution in [3.8, 4) is 28.1 Å². The van der Waals surface area contributed by atoms with E-state index in [0.717, 1.165) is 37.2 Å². The van der Waals surface area contributed by atoms with Gasteiger partial charge in [0.15, 0.2) is 0 Å². The van der Waals surface area contributed by atoms with E-state index in [1.165, 1.54) is 5.56 Å². The molecular weight excluding hydrogens is 478 g/mol.